The summed E-state index contributed by atoms with van der Waals surface area (Å²) in [5.41, 5.74) is 0. The lowest BCUT2D eigenvalue weighted by Gasteiger charge is -2.18. The molecule has 0 rings (SSSR count). The maximum absolute atomic E-state index is 12.9. The van der Waals surface area contributed by atoms with E-state index >= 15 is 0 Å². The van der Waals surface area contributed by atoms with Gasteiger partial charge in [0.2, 0.25) is 0 Å². The van der Waals surface area contributed by atoms with Crippen molar-refractivity contribution in [2.75, 3.05) is 13.2 Å². The monoisotopic (exact) mass is 1110 g/mol. The summed E-state index contributed by atoms with van der Waals surface area (Å²) in [7, 11) is 0. The number of esters is 3. The highest BCUT2D eigenvalue weighted by atomic mass is 16.6. The van der Waals surface area contributed by atoms with Crippen molar-refractivity contribution in [2.24, 2.45) is 0 Å². The number of carbonyl (C=O) groups excluding carboxylic acids is 3. The predicted octanol–water partition coefficient (Wildman–Crippen LogP) is 23.9. The van der Waals surface area contributed by atoms with Crippen LogP contribution < -0.4 is 0 Å². The second-order valence-corrected chi connectivity index (χ2v) is 23.4. The summed E-state index contributed by atoms with van der Waals surface area (Å²) in [6.07, 6.45) is 86.8. The van der Waals surface area contributed by atoms with Gasteiger partial charge in [-0.15, -0.1) is 0 Å². The first-order valence-electron chi connectivity index (χ1n) is 34.8. The molecule has 0 bridgehead atoms. The topological polar surface area (TPSA) is 78.9 Å². The van der Waals surface area contributed by atoms with Crippen LogP contribution in [-0.2, 0) is 28.6 Å². The van der Waals surface area contributed by atoms with Crippen LogP contribution in [0.4, 0.5) is 0 Å². The number of ether oxygens (including phenoxy) is 3. The van der Waals surface area contributed by atoms with Gasteiger partial charge in [0, 0.05) is 19.3 Å². The molecule has 0 aliphatic carbocycles. The van der Waals surface area contributed by atoms with Crippen molar-refractivity contribution in [3.05, 3.63) is 60.8 Å². The number of allylic oxidation sites excluding steroid dienone is 10. The molecule has 79 heavy (non-hydrogen) atoms. The van der Waals surface area contributed by atoms with Crippen molar-refractivity contribution in [1.29, 1.82) is 0 Å². The van der Waals surface area contributed by atoms with Gasteiger partial charge >= 0.3 is 17.9 Å². The summed E-state index contributed by atoms with van der Waals surface area (Å²) in [6.45, 7) is 6.56. The highest BCUT2D eigenvalue weighted by molar-refractivity contribution is 5.71. The number of hydrogen-bond acceptors (Lipinski definition) is 6. The van der Waals surface area contributed by atoms with Crippen LogP contribution in [0.1, 0.15) is 367 Å². The van der Waals surface area contributed by atoms with E-state index in [9.17, 15) is 14.4 Å². The fourth-order valence-electron chi connectivity index (χ4n) is 10.3. The van der Waals surface area contributed by atoms with Crippen LogP contribution in [0.15, 0.2) is 60.8 Å². The number of rotatable bonds is 64. The molecule has 6 heteroatoms. The average molecular weight is 1110 g/mol. The first kappa shape index (κ1) is 76.1. The van der Waals surface area contributed by atoms with Crippen LogP contribution >= 0.6 is 0 Å². The van der Waals surface area contributed by atoms with Crippen molar-refractivity contribution in [3.63, 3.8) is 0 Å². The number of carbonyl (C=O) groups is 3. The molecular formula is C73H132O6. The Labute approximate surface area is 491 Å². The molecule has 0 spiro atoms. The highest BCUT2D eigenvalue weighted by Gasteiger charge is 2.19. The van der Waals surface area contributed by atoms with E-state index in [0.717, 1.165) is 96.3 Å². The van der Waals surface area contributed by atoms with Gasteiger partial charge < -0.3 is 14.2 Å². The molecule has 0 fully saturated rings. The van der Waals surface area contributed by atoms with Crippen molar-refractivity contribution in [3.8, 4) is 0 Å². The Morgan fingerprint density at radius 2 is 0.494 bits per heavy atom. The van der Waals surface area contributed by atoms with E-state index in [-0.39, 0.29) is 31.1 Å². The van der Waals surface area contributed by atoms with E-state index in [0.29, 0.717) is 19.3 Å². The zero-order valence-corrected chi connectivity index (χ0v) is 52.9. The van der Waals surface area contributed by atoms with Gasteiger partial charge in [-0.3, -0.25) is 14.4 Å². The molecule has 0 N–H and O–H groups in total. The molecule has 6 nitrogen and oxygen atoms in total. The summed E-state index contributed by atoms with van der Waals surface area (Å²) < 4.78 is 17.0. The van der Waals surface area contributed by atoms with Gasteiger partial charge in [0.25, 0.3) is 0 Å². The summed E-state index contributed by atoms with van der Waals surface area (Å²) in [4.78, 5) is 38.4. The van der Waals surface area contributed by atoms with Crippen molar-refractivity contribution >= 4 is 17.9 Å². The first-order chi connectivity index (χ1) is 39.0. The highest BCUT2D eigenvalue weighted by Crippen LogP contribution is 2.18. The van der Waals surface area contributed by atoms with Gasteiger partial charge in [-0.05, 0) is 103 Å². The van der Waals surface area contributed by atoms with Crippen LogP contribution in [0.3, 0.4) is 0 Å². The van der Waals surface area contributed by atoms with Crippen molar-refractivity contribution < 1.29 is 28.6 Å². The molecule has 0 aromatic rings. The second kappa shape index (κ2) is 67.6. The fourth-order valence-corrected chi connectivity index (χ4v) is 10.3. The van der Waals surface area contributed by atoms with E-state index in [1.165, 1.54) is 231 Å². The zero-order valence-electron chi connectivity index (χ0n) is 52.9. The minimum atomic E-state index is -0.784. The normalized spacial score (nSPS) is 12.4. The van der Waals surface area contributed by atoms with Crippen LogP contribution in [0.5, 0.6) is 0 Å². The van der Waals surface area contributed by atoms with Gasteiger partial charge in [0.15, 0.2) is 6.10 Å². The molecule has 1 unspecified atom stereocenters. The summed E-state index contributed by atoms with van der Waals surface area (Å²) >= 11 is 0. The van der Waals surface area contributed by atoms with Gasteiger partial charge in [-0.1, -0.05) is 306 Å². The van der Waals surface area contributed by atoms with Gasteiger partial charge in [-0.2, -0.15) is 0 Å². The van der Waals surface area contributed by atoms with E-state index in [1.54, 1.807) is 0 Å². The lowest BCUT2D eigenvalue weighted by atomic mass is 10.0. The molecule has 1 atom stereocenters. The smallest absolute Gasteiger partial charge is 0.306 e. The molecule has 460 valence electrons. The third kappa shape index (κ3) is 65.8. The molecule has 0 aromatic carbocycles. The Kier molecular flexibility index (Phi) is 65.1. The van der Waals surface area contributed by atoms with Crippen LogP contribution in [0.25, 0.3) is 0 Å². The molecule has 0 aromatic heterocycles. The quantitative estimate of drug-likeness (QED) is 0.0261. The zero-order chi connectivity index (χ0) is 57.1. The average Bonchev–Trinajstić information content (AvgIpc) is 3.45. The lowest BCUT2D eigenvalue weighted by Crippen LogP contribution is -2.30. The van der Waals surface area contributed by atoms with Gasteiger partial charge in [-0.25, -0.2) is 0 Å². The van der Waals surface area contributed by atoms with E-state index < -0.39 is 6.10 Å². The second-order valence-electron chi connectivity index (χ2n) is 23.4. The minimum Gasteiger partial charge on any atom is -0.462 e. The summed E-state index contributed by atoms with van der Waals surface area (Å²) in [6, 6.07) is 0. The molecule has 0 aliphatic heterocycles. The van der Waals surface area contributed by atoms with Crippen LogP contribution in [-0.4, -0.2) is 37.2 Å². The van der Waals surface area contributed by atoms with Crippen LogP contribution in [0.2, 0.25) is 0 Å². The Balaban J connectivity index is 4.22. The third-order valence-corrected chi connectivity index (χ3v) is 15.5. The van der Waals surface area contributed by atoms with Gasteiger partial charge in [0.05, 0.1) is 0 Å². The maximum Gasteiger partial charge on any atom is 0.306 e. The molecule has 0 heterocycles. The Morgan fingerprint density at radius 1 is 0.266 bits per heavy atom. The Hall–Kier alpha value is -2.89. The standard InChI is InChI=1S/C73H132O6/c1-4-7-10-13-16-19-22-25-28-30-31-32-33-34-35-36-37-38-39-40-41-43-45-48-51-54-57-60-63-66-72(75)78-69-70(68-77-71(74)65-62-59-56-53-50-47-44-27-24-21-18-15-12-9-6-3)79-73(76)67-64-61-58-55-52-49-46-42-29-26-23-20-17-14-11-8-5-2/h9,12,18,21,26-27,29-31,44,70H,4-8,10-11,13-17,19-20,22-25,28,32-43,45-69H2,1-3H3/b12-9-,21-18-,29-26-,31-30-,44-27-. The fraction of sp³-hybridized carbons (Fsp3) is 0.822. The van der Waals surface area contributed by atoms with Crippen LogP contribution in [0, 0.1) is 0 Å². The van der Waals surface area contributed by atoms with E-state index in [4.69, 9.17) is 14.2 Å². The van der Waals surface area contributed by atoms with Crippen molar-refractivity contribution in [2.45, 2.75) is 374 Å². The predicted molar refractivity (Wildman–Crippen MR) is 344 cm³/mol. The third-order valence-electron chi connectivity index (χ3n) is 15.5. The lowest BCUT2D eigenvalue weighted by molar-refractivity contribution is -0.167. The first-order valence-corrected chi connectivity index (χ1v) is 34.8. The molecule has 0 amide bonds. The van der Waals surface area contributed by atoms with E-state index in [1.807, 2.05) is 0 Å². The Morgan fingerprint density at radius 3 is 0.785 bits per heavy atom. The maximum atomic E-state index is 12.9. The molecule has 0 saturated heterocycles. The van der Waals surface area contributed by atoms with Crippen molar-refractivity contribution in [1.82, 2.24) is 0 Å². The molecular weight excluding hydrogens is 973 g/mol. The SMILES string of the molecule is CC/C=C\C/C=C\C/C=C\CCCCCCCC(=O)OCC(COC(=O)CCCCCCCCCCCCCCCCCCC/C=C\CCCCCCCCCC)OC(=O)CCCCCCCCC/C=C\CCCCCCCC. The largest absolute Gasteiger partial charge is 0.462 e. The molecule has 0 aliphatic rings. The number of hydrogen-bond donors (Lipinski definition) is 0. The molecule has 0 radical (unpaired) electrons. The Bertz CT molecular complexity index is 1410. The number of unbranched alkanes of at least 4 members (excludes halogenated alkanes) is 43. The minimum absolute atomic E-state index is 0.0785. The van der Waals surface area contributed by atoms with E-state index in [2.05, 4.69) is 81.5 Å². The van der Waals surface area contributed by atoms with Gasteiger partial charge in [0.1, 0.15) is 13.2 Å². The summed E-state index contributed by atoms with van der Waals surface area (Å²) in [5, 5.41) is 0. The summed E-state index contributed by atoms with van der Waals surface area (Å²) in [5.74, 6) is -0.880. The molecule has 0 saturated carbocycles.